The number of aryl methyl sites for hydroxylation is 1. The maximum Gasteiger partial charge on any atom is 0.155 e. The summed E-state index contributed by atoms with van der Waals surface area (Å²) in [7, 11) is 1.82. The molecule has 0 bridgehead atoms. The summed E-state index contributed by atoms with van der Waals surface area (Å²) in [6.45, 7) is 0. The monoisotopic (exact) mass is 149 g/mol. The molecule has 0 aliphatic heterocycles. The summed E-state index contributed by atoms with van der Waals surface area (Å²) in [5.74, 6) is 0.426. The van der Waals surface area contributed by atoms with Gasteiger partial charge >= 0.3 is 0 Å². The molecule has 5 nitrogen and oxygen atoms in total. The van der Waals surface area contributed by atoms with Crippen LogP contribution in [0.1, 0.15) is 0 Å². The highest BCUT2D eigenvalue weighted by molar-refractivity contribution is 5.82. The van der Waals surface area contributed by atoms with E-state index in [4.69, 9.17) is 5.73 Å². The minimum atomic E-state index is 0.426. The molecule has 0 fully saturated rings. The molecule has 2 heterocycles. The Morgan fingerprint density at radius 3 is 3.00 bits per heavy atom. The third kappa shape index (κ3) is 0.813. The summed E-state index contributed by atoms with van der Waals surface area (Å²) in [4.78, 5) is 7.80. The molecule has 5 heteroatoms. The van der Waals surface area contributed by atoms with Crippen molar-refractivity contribution in [3.05, 3.63) is 12.5 Å². The molecule has 0 amide bonds. The third-order valence-corrected chi connectivity index (χ3v) is 1.45. The van der Waals surface area contributed by atoms with Crippen molar-refractivity contribution in [1.82, 2.24) is 19.7 Å². The van der Waals surface area contributed by atoms with E-state index in [1.165, 1.54) is 6.33 Å². The fourth-order valence-corrected chi connectivity index (χ4v) is 0.967. The highest BCUT2D eigenvalue weighted by atomic mass is 15.3. The molecule has 0 saturated heterocycles. The minimum absolute atomic E-state index is 0.426. The van der Waals surface area contributed by atoms with Crippen LogP contribution in [-0.4, -0.2) is 19.7 Å². The second-order valence-electron chi connectivity index (χ2n) is 2.30. The molecular formula is C6H7N5. The van der Waals surface area contributed by atoms with Gasteiger partial charge in [-0.3, -0.25) is 4.68 Å². The van der Waals surface area contributed by atoms with Gasteiger partial charge in [0.1, 0.15) is 11.8 Å². The van der Waals surface area contributed by atoms with E-state index in [-0.39, 0.29) is 0 Å². The van der Waals surface area contributed by atoms with Crippen LogP contribution in [0.4, 0.5) is 5.82 Å². The first-order chi connectivity index (χ1) is 5.27. The summed E-state index contributed by atoms with van der Waals surface area (Å²) >= 11 is 0. The quantitative estimate of drug-likeness (QED) is 0.570. The summed E-state index contributed by atoms with van der Waals surface area (Å²) in [5, 5.41) is 4.08. The Bertz CT molecular complexity index is 391. The maximum atomic E-state index is 5.54. The van der Waals surface area contributed by atoms with Gasteiger partial charge in [-0.1, -0.05) is 0 Å². The van der Waals surface area contributed by atoms with Crippen LogP contribution in [0.25, 0.3) is 11.0 Å². The number of nitrogen functional groups attached to an aromatic ring is 1. The third-order valence-electron chi connectivity index (χ3n) is 1.45. The van der Waals surface area contributed by atoms with Gasteiger partial charge in [-0.15, -0.1) is 0 Å². The lowest BCUT2D eigenvalue weighted by Crippen LogP contribution is -1.92. The number of nitrogens with two attached hydrogens (primary N) is 1. The van der Waals surface area contributed by atoms with Crippen molar-refractivity contribution in [3.8, 4) is 0 Å². The standard InChI is InChI=1S/C6H7N5/c1-11-2-4-5(10-11)6(7)9-3-8-4/h2-3H,1H3,(H2,7,8,9). The van der Waals surface area contributed by atoms with Gasteiger partial charge in [-0.2, -0.15) is 5.10 Å². The molecule has 0 radical (unpaired) electrons. The summed E-state index contributed by atoms with van der Waals surface area (Å²) in [5.41, 5.74) is 6.98. The smallest absolute Gasteiger partial charge is 0.155 e. The summed E-state index contributed by atoms with van der Waals surface area (Å²) in [6, 6.07) is 0. The zero-order valence-corrected chi connectivity index (χ0v) is 6.02. The van der Waals surface area contributed by atoms with Crippen LogP contribution in [0.5, 0.6) is 0 Å². The number of hydrogen-bond acceptors (Lipinski definition) is 4. The zero-order chi connectivity index (χ0) is 7.84. The van der Waals surface area contributed by atoms with E-state index in [0.29, 0.717) is 11.3 Å². The van der Waals surface area contributed by atoms with E-state index in [2.05, 4.69) is 15.1 Å². The molecule has 2 rings (SSSR count). The van der Waals surface area contributed by atoms with Gasteiger partial charge < -0.3 is 5.73 Å². The summed E-state index contributed by atoms with van der Waals surface area (Å²) < 4.78 is 1.66. The molecule has 0 unspecified atom stereocenters. The van der Waals surface area contributed by atoms with Crippen molar-refractivity contribution in [3.63, 3.8) is 0 Å². The minimum Gasteiger partial charge on any atom is -0.382 e. The number of rotatable bonds is 0. The van der Waals surface area contributed by atoms with Gasteiger partial charge in [-0.25, -0.2) is 9.97 Å². The largest absolute Gasteiger partial charge is 0.382 e. The Balaban J connectivity index is 2.90. The molecule has 0 aliphatic carbocycles. The van der Waals surface area contributed by atoms with E-state index >= 15 is 0 Å². The first-order valence-electron chi connectivity index (χ1n) is 3.17. The lowest BCUT2D eigenvalue weighted by molar-refractivity contribution is 0.779. The number of hydrogen-bond donors (Lipinski definition) is 1. The van der Waals surface area contributed by atoms with E-state index < -0.39 is 0 Å². The van der Waals surface area contributed by atoms with E-state index in [1.807, 2.05) is 7.05 Å². The topological polar surface area (TPSA) is 69.6 Å². The van der Waals surface area contributed by atoms with Crippen molar-refractivity contribution < 1.29 is 0 Å². The Morgan fingerprint density at radius 1 is 1.45 bits per heavy atom. The maximum absolute atomic E-state index is 5.54. The second kappa shape index (κ2) is 1.91. The Labute approximate surface area is 62.9 Å². The van der Waals surface area contributed by atoms with E-state index in [1.54, 1.807) is 10.9 Å². The fraction of sp³-hybridized carbons (Fsp3) is 0.167. The number of anilines is 1. The molecule has 0 aliphatic rings. The van der Waals surface area contributed by atoms with E-state index in [9.17, 15) is 0 Å². The zero-order valence-electron chi connectivity index (χ0n) is 6.02. The summed E-state index contributed by atoms with van der Waals surface area (Å²) in [6.07, 6.45) is 3.23. The predicted molar refractivity (Wildman–Crippen MR) is 40.7 cm³/mol. The van der Waals surface area contributed by atoms with Crippen LogP contribution in [0.3, 0.4) is 0 Å². The van der Waals surface area contributed by atoms with Gasteiger partial charge in [0.15, 0.2) is 11.3 Å². The van der Waals surface area contributed by atoms with Crippen LogP contribution in [-0.2, 0) is 7.05 Å². The van der Waals surface area contributed by atoms with Crippen LogP contribution in [0, 0.1) is 0 Å². The molecule has 0 atom stereocenters. The molecule has 0 saturated carbocycles. The van der Waals surface area contributed by atoms with Gasteiger partial charge in [-0.05, 0) is 0 Å². The van der Waals surface area contributed by atoms with Gasteiger partial charge in [0, 0.05) is 7.05 Å². The van der Waals surface area contributed by atoms with Gasteiger partial charge in [0.25, 0.3) is 0 Å². The number of nitrogens with zero attached hydrogens (tertiary/aromatic N) is 4. The SMILES string of the molecule is Cn1cc2ncnc(N)c2n1. The van der Waals surface area contributed by atoms with Gasteiger partial charge in [0.05, 0.1) is 6.20 Å². The highest BCUT2D eigenvalue weighted by Crippen LogP contribution is 2.11. The molecular weight excluding hydrogens is 142 g/mol. The lowest BCUT2D eigenvalue weighted by Gasteiger charge is -1.88. The lowest BCUT2D eigenvalue weighted by atomic mass is 10.4. The van der Waals surface area contributed by atoms with Crippen LogP contribution in [0.2, 0.25) is 0 Å². The van der Waals surface area contributed by atoms with Crippen molar-refractivity contribution >= 4 is 16.9 Å². The van der Waals surface area contributed by atoms with Crippen molar-refractivity contribution in [2.45, 2.75) is 0 Å². The van der Waals surface area contributed by atoms with Crippen molar-refractivity contribution in [2.24, 2.45) is 7.05 Å². The van der Waals surface area contributed by atoms with E-state index in [0.717, 1.165) is 5.52 Å². The van der Waals surface area contributed by atoms with Crippen LogP contribution in [0.15, 0.2) is 12.5 Å². The average Bonchev–Trinajstić information content (AvgIpc) is 2.31. The Hall–Kier alpha value is -1.65. The predicted octanol–water partition coefficient (Wildman–Crippen LogP) is -0.0545. The van der Waals surface area contributed by atoms with Crippen LogP contribution < -0.4 is 5.73 Å². The Kier molecular flexibility index (Phi) is 1.06. The molecule has 0 spiro atoms. The van der Waals surface area contributed by atoms with Crippen molar-refractivity contribution in [1.29, 1.82) is 0 Å². The second-order valence-corrected chi connectivity index (χ2v) is 2.30. The first-order valence-corrected chi connectivity index (χ1v) is 3.17. The first kappa shape index (κ1) is 6.09. The van der Waals surface area contributed by atoms with Crippen LogP contribution >= 0.6 is 0 Å². The van der Waals surface area contributed by atoms with Crippen molar-refractivity contribution in [2.75, 3.05) is 5.73 Å². The molecule has 2 aromatic heterocycles. The Morgan fingerprint density at radius 2 is 2.27 bits per heavy atom. The number of fused-ring (bicyclic) bond motifs is 1. The molecule has 2 aromatic rings. The molecule has 56 valence electrons. The molecule has 11 heavy (non-hydrogen) atoms. The average molecular weight is 149 g/mol. The molecule has 2 N–H and O–H groups in total. The number of aromatic nitrogens is 4. The molecule has 0 aromatic carbocycles. The normalized spacial score (nSPS) is 10.6. The fourth-order valence-electron chi connectivity index (χ4n) is 0.967. The van der Waals surface area contributed by atoms with Gasteiger partial charge in [0.2, 0.25) is 0 Å². The highest BCUT2D eigenvalue weighted by Gasteiger charge is 2.02.